The van der Waals surface area contributed by atoms with Crippen LogP contribution in [-0.2, 0) is 0 Å². The molecule has 0 saturated carbocycles. The van der Waals surface area contributed by atoms with Crippen LogP contribution in [0.1, 0.15) is 36.1 Å². The number of nitrogens with zero attached hydrogens (tertiary/aromatic N) is 3. The van der Waals surface area contributed by atoms with E-state index in [9.17, 15) is 4.79 Å². The summed E-state index contributed by atoms with van der Waals surface area (Å²) >= 11 is 5.58. The lowest BCUT2D eigenvalue weighted by molar-refractivity contribution is 0.102. The molecular weight excluding hydrogens is 409 g/mol. The standard InChI is InChI=1S/C12H11BrIN3O/c1-7(2)17-12(15-6-16-17)11(18)9-5-8(14)3-4-10(9)13/h3-7H,1-2H3. The van der Waals surface area contributed by atoms with Crippen LogP contribution in [0.5, 0.6) is 0 Å². The van der Waals surface area contributed by atoms with Crippen molar-refractivity contribution in [2.75, 3.05) is 0 Å². The number of ketones is 1. The van der Waals surface area contributed by atoms with Gasteiger partial charge in [-0.2, -0.15) is 5.10 Å². The predicted molar refractivity (Wildman–Crippen MR) is 80.7 cm³/mol. The Morgan fingerprint density at radius 3 is 2.83 bits per heavy atom. The average molecular weight is 420 g/mol. The van der Waals surface area contributed by atoms with Crippen molar-refractivity contribution in [3.63, 3.8) is 0 Å². The molecule has 0 radical (unpaired) electrons. The van der Waals surface area contributed by atoms with Crippen molar-refractivity contribution in [3.8, 4) is 0 Å². The van der Waals surface area contributed by atoms with E-state index in [1.165, 1.54) is 6.33 Å². The summed E-state index contributed by atoms with van der Waals surface area (Å²) in [6.45, 7) is 3.94. The molecule has 0 fully saturated rings. The van der Waals surface area contributed by atoms with Crippen LogP contribution < -0.4 is 0 Å². The molecule has 2 rings (SSSR count). The smallest absolute Gasteiger partial charge is 0.231 e. The largest absolute Gasteiger partial charge is 0.285 e. The second-order valence-corrected chi connectivity index (χ2v) is 6.18. The zero-order valence-corrected chi connectivity index (χ0v) is 13.6. The van der Waals surface area contributed by atoms with Crippen molar-refractivity contribution in [1.29, 1.82) is 0 Å². The Morgan fingerprint density at radius 1 is 1.44 bits per heavy atom. The van der Waals surface area contributed by atoms with Gasteiger partial charge in [0.1, 0.15) is 6.33 Å². The fraction of sp³-hybridized carbons (Fsp3) is 0.250. The maximum atomic E-state index is 12.4. The van der Waals surface area contributed by atoms with Gasteiger partial charge in [-0.15, -0.1) is 0 Å². The van der Waals surface area contributed by atoms with E-state index in [0.29, 0.717) is 11.4 Å². The molecule has 2 aromatic rings. The van der Waals surface area contributed by atoms with Crippen LogP contribution in [0.4, 0.5) is 0 Å². The van der Waals surface area contributed by atoms with Gasteiger partial charge >= 0.3 is 0 Å². The van der Waals surface area contributed by atoms with Gasteiger partial charge in [-0.05, 0) is 54.6 Å². The van der Waals surface area contributed by atoms with Crippen LogP contribution >= 0.6 is 38.5 Å². The zero-order chi connectivity index (χ0) is 13.3. The minimum Gasteiger partial charge on any atom is -0.285 e. The topological polar surface area (TPSA) is 47.8 Å². The molecule has 0 aliphatic rings. The molecule has 0 N–H and O–H groups in total. The van der Waals surface area contributed by atoms with Crippen LogP contribution in [0.15, 0.2) is 29.0 Å². The molecule has 0 atom stereocenters. The zero-order valence-electron chi connectivity index (χ0n) is 9.89. The van der Waals surface area contributed by atoms with E-state index in [0.717, 1.165) is 8.04 Å². The monoisotopic (exact) mass is 419 g/mol. The summed E-state index contributed by atoms with van der Waals surface area (Å²) in [7, 11) is 0. The fourth-order valence-electron chi connectivity index (χ4n) is 1.58. The van der Waals surface area contributed by atoms with Gasteiger partial charge in [-0.3, -0.25) is 4.79 Å². The predicted octanol–water partition coefficient (Wildman–Crippen LogP) is 3.46. The van der Waals surface area contributed by atoms with Gasteiger partial charge in [-0.1, -0.05) is 15.9 Å². The molecule has 4 nitrogen and oxygen atoms in total. The molecule has 0 aliphatic carbocycles. The Labute approximate surface area is 127 Å². The lowest BCUT2D eigenvalue weighted by atomic mass is 10.1. The van der Waals surface area contributed by atoms with E-state index in [2.05, 4.69) is 48.6 Å². The maximum absolute atomic E-state index is 12.4. The molecule has 0 bridgehead atoms. The van der Waals surface area contributed by atoms with Crippen LogP contribution in [0.2, 0.25) is 0 Å². The van der Waals surface area contributed by atoms with E-state index in [1.54, 1.807) is 4.68 Å². The molecule has 1 heterocycles. The Morgan fingerprint density at radius 2 is 2.17 bits per heavy atom. The summed E-state index contributed by atoms with van der Waals surface area (Å²) in [6, 6.07) is 5.75. The molecule has 0 amide bonds. The quantitative estimate of drug-likeness (QED) is 0.565. The van der Waals surface area contributed by atoms with E-state index >= 15 is 0 Å². The Kier molecular flexibility index (Phi) is 4.16. The van der Waals surface area contributed by atoms with Gasteiger partial charge < -0.3 is 0 Å². The SMILES string of the molecule is CC(C)n1ncnc1C(=O)c1cc(I)ccc1Br. The van der Waals surface area contributed by atoms with Crippen LogP contribution in [0.3, 0.4) is 0 Å². The molecule has 94 valence electrons. The molecule has 0 unspecified atom stereocenters. The summed E-state index contributed by atoms with van der Waals surface area (Å²) in [5.41, 5.74) is 0.608. The molecule has 18 heavy (non-hydrogen) atoms. The summed E-state index contributed by atoms with van der Waals surface area (Å²) in [5.74, 6) is 0.249. The van der Waals surface area contributed by atoms with Gasteiger partial charge in [-0.25, -0.2) is 9.67 Å². The van der Waals surface area contributed by atoms with Crippen LogP contribution in [-0.4, -0.2) is 20.5 Å². The van der Waals surface area contributed by atoms with Crippen molar-refractivity contribution in [2.45, 2.75) is 19.9 Å². The minimum absolute atomic E-state index is 0.105. The Hall–Kier alpha value is -0.760. The van der Waals surface area contributed by atoms with Gasteiger partial charge in [0.15, 0.2) is 5.82 Å². The number of carbonyl (C=O) groups excluding carboxylic acids is 1. The minimum atomic E-state index is -0.119. The van der Waals surface area contributed by atoms with Gasteiger partial charge in [0.05, 0.1) is 0 Å². The van der Waals surface area contributed by atoms with E-state index < -0.39 is 0 Å². The molecule has 0 spiro atoms. The van der Waals surface area contributed by atoms with E-state index in [4.69, 9.17) is 0 Å². The van der Waals surface area contributed by atoms with E-state index in [-0.39, 0.29) is 11.8 Å². The van der Waals surface area contributed by atoms with Crippen LogP contribution in [0, 0.1) is 3.57 Å². The average Bonchev–Trinajstić information content (AvgIpc) is 2.80. The summed E-state index contributed by atoms with van der Waals surface area (Å²) in [6.07, 6.45) is 1.41. The van der Waals surface area contributed by atoms with Gasteiger partial charge in [0.25, 0.3) is 0 Å². The molecule has 1 aromatic heterocycles. The highest BCUT2D eigenvalue weighted by Crippen LogP contribution is 2.22. The number of hydrogen-bond acceptors (Lipinski definition) is 3. The number of aromatic nitrogens is 3. The van der Waals surface area contributed by atoms with Gasteiger partial charge in [0, 0.05) is 19.6 Å². The molecule has 6 heteroatoms. The second-order valence-electron chi connectivity index (χ2n) is 4.08. The highest BCUT2D eigenvalue weighted by molar-refractivity contribution is 14.1. The Balaban J connectivity index is 2.48. The summed E-state index contributed by atoms with van der Waals surface area (Å²) < 4.78 is 3.41. The van der Waals surface area contributed by atoms with Crippen molar-refractivity contribution in [1.82, 2.24) is 14.8 Å². The highest BCUT2D eigenvalue weighted by atomic mass is 127. The second kappa shape index (κ2) is 5.48. The fourth-order valence-corrected chi connectivity index (χ4v) is 2.50. The Bertz CT molecular complexity index is 595. The first-order chi connectivity index (χ1) is 8.50. The van der Waals surface area contributed by atoms with Crippen molar-refractivity contribution in [2.24, 2.45) is 0 Å². The third kappa shape index (κ3) is 2.64. The summed E-state index contributed by atoms with van der Waals surface area (Å²) in [4.78, 5) is 16.5. The third-order valence-corrected chi connectivity index (χ3v) is 3.80. The first-order valence-electron chi connectivity index (χ1n) is 5.40. The molecule has 1 aromatic carbocycles. The first kappa shape index (κ1) is 13.7. The molecule has 0 aliphatic heterocycles. The lowest BCUT2D eigenvalue weighted by Crippen LogP contribution is -2.15. The van der Waals surface area contributed by atoms with Crippen molar-refractivity contribution >= 4 is 44.3 Å². The number of carbonyl (C=O) groups is 1. The van der Waals surface area contributed by atoms with E-state index in [1.807, 2.05) is 32.0 Å². The normalized spacial score (nSPS) is 10.9. The first-order valence-corrected chi connectivity index (χ1v) is 7.27. The molecular formula is C12H11BrIN3O. The summed E-state index contributed by atoms with van der Waals surface area (Å²) in [5, 5.41) is 4.08. The number of benzene rings is 1. The molecule has 0 saturated heterocycles. The lowest BCUT2D eigenvalue weighted by Gasteiger charge is -2.09. The number of halogens is 2. The van der Waals surface area contributed by atoms with Crippen molar-refractivity contribution < 1.29 is 4.79 Å². The highest BCUT2D eigenvalue weighted by Gasteiger charge is 2.20. The number of hydrogen-bond donors (Lipinski definition) is 0. The third-order valence-electron chi connectivity index (χ3n) is 2.44. The maximum Gasteiger partial charge on any atom is 0.231 e. The van der Waals surface area contributed by atoms with Gasteiger partial charge in [0.2, 0.25) is 5.78 Å². The van der Waals surface area contributed by atoms with Crippen molar-refractivity contribution in [3.05, 3.63) is 44.0 Å². The van der Waals surface area contributed by atoms with Crippen LogP contribution in [0.25, 0.3) is 0 Å². The number of rotatable bonds is 3.